The summed E-state index contributed by atoms with van der Waals surface area (Å²) in [5, 5.41) is 14.0. The highest BCUT2D eigenvalue weighted by molar-refractivity contribution is 6.02. The molecule has 134 valence electrons. The maximum atomic E-state index is 12.9. The van der Waals surface area contributed by atoms with E-state index < -0.39 is 6.04 Å². The summed E-state index contributed by atoms with van der Waals surface area (Å²) in [7, 11) is 0. The van der Waals surface area contributed by atoms with Crippen molar-refractivity contribution in [2.24, 2.45) is 5.92 Å². The number of carbonyl (C=O) groups excluding carboxylic acids is 2. The van der Waals surface area contributed by atoms with Gasteiger partial charge in [-0.2, -0.15) is 5.26 Å². The second-order valence-electron chi connectivity index (χ2n) is 6.44. The lowest BCUT2D eigenvalue weighted by Gasteiger charge is -2.20. The quantitative estimate of drug-likeness (QED) is 0.754. The first-order valence-electron chi connectivity index (χ1n) is 8.63. The fourth-order valence-electron chi connectivity index (χ4n) is 2.74. The molecule has 1 atom stereocenters. The zero-order valence-corrected chi connectivity index (χ0v) is 15.0. The molecule has 0 saturated carbocycles. The molecule has 0 heterocycles. The topological polar surface area (TPSA) is 82.0 Å². The standard InChI is InChI=1S/C21H23N3O2/c1-15(2)14-19(21(26)23-13-12-22)24-20(25)18-11-7-6-10-17(18)16-8-4-3-5-9-16/h3-11,15,19H,13-14H2,1-2H3,(H,23,26)(H,24,25)/t19-/m0/s1. The van der Waals surface area contributed by atoms with Gasteiger partial charge >= 0.3 is 0 Å². The summed E-state index contributed by atoms with van der Waals surface area (Å²) in [5.74, 6) is -0.425. The molecule has 0 saturated heterocycles. The summed E-state index contributed by atoms with van der Waals surface area (Å²) in [6, 6.07) is 18.1. The van der Waals surface area contributed by atoms with Gasteiger partial charge in [-0.3, -0.25) is 9.59 Å². The van der Waals surface area contributed by atoms with Gasteiger partial charge in [-0.1, -0.05) is 62.4 Å². The second-order valence-corrected chi connectivity index (χ2v) is 6.44. The molecule has 0 aliphatic carbocycles. The van der Waals surface area contributed by atoms with Gasteiger partial charge in [0.15, 0.2) is 0 Å². The van der Waals surface area contributed by atoms with E-state index >= 15 is 0 Å². The summed E-state index contributed by atoms with van der Waals surface area (Å²) in [6.07, 6.45) is 0.497. The van der Waals surface area contributed by atoms with Crippen LogP contribution in [0.3, 0.4) is 0 Å². The molecule has 0 aliphatic heterocycles. The lowest BCUT2D eigenvalue weighted by Crippen LogP contribution is -2.47. The molecule has 0 bridgehead atoms. The Kier molecular flexibility index (Phi) is 6.92. The Hall–Kier alpha value is -3.13. The number of carbonyl (C=O) groups is 2. The zero-order valence-electron chi connectivity index (χ0n) is 15.0. The fourth-order valence-corrected chi connectivity index (χ4v) is 2.74. The number of nitrogens with one attached hydrogen (secondary N) is 2. The van der Waals surface area contributed by atoms with Crippen molar-refractivity contribution in [3.8, 4) is 17.2 Å². The molecule has 2 aromatic rings. The molecular formula is C21H23N3O2. The van der Waals surface area contributed by atoms with E-state index in [2.05, 4.69) is 10.6 Å². The number of hydrogen-bond donors (Lipinski definition) is 2. The number of amides is 2. The fraction of sp³-hybridized carbons (Fsp3) is 0.286. The monoisotopic (exact) mass is 349 g/mol. The molecule has 2 amide bonds. The first-order valence-corrected chi connectivity index (χ1v) is 8.63. The molecule has 2 rings (SSSR count). The van der Waals surface area contributed by atoms with Crippen LogP contribution in [-0.2, 0) is 4.79 Å². The van der Waals surface area contributed by atoms with E-state index in [-0.39, 0.29) is 24.3 Å². The van der Waals surface area contributed by atoms with Gasteiger partial charge in [0.25, 0.3) is 5.91 Å². The van der Waals surface area contributed by atoms with Crippen LogP contribution in [0, 0.1) is 17.2 Å². The highest BCUT2D eigenvalue weighted by Gasteiger charge is 2.23. The van der Waals surface area contributed by atoms with Crippen LogP contribution >= 0.6 is 0 Å². The summed E-state index contributed by atoms with van der Waals surface area (Å²) >= 11 is 0. The number of nitriles is 1. The third kappa shape index (κ3) is 5.18. The molecular weight excluding hydrogens is 326 g/mol. The molecule has 0 aromatic heterocycles. The summed E-state index contributed by atoms with van der Waals surface area (Å²) < 4.78 is 0. The predicted molar refractivity (Wildman–Crippen MR) is 101 cm³/mol. The van der Waals surface area contributed by atoms with Crippen LogP contribution in [0.25, 0.3) is 11.1 Å². The summed E-state index contributed by atoms with van der Waals surface area (Å²) in [4.78, 5) is 25.1. The van der Waals surface area contributed by atoms with E-state index in [1.807, 2.05) is 62.4 Å². The lowest BCUT2D eigenvalue weighted by molar-refractivity contribution is -0.123. The number of hydrogen-bond acceptors (Lipinski definition) is 3. The number of nitrogens with zero attached hydrogens (tertiary/aromatic N) is 1. The summed E-state index contributed by atoms with van der Waals surface area (Å²) in [6.45, 7) is 3.88. The van der Waals surface area contributed by atoms with Crippen molar-refractivity contribution in [2.75, 3.05) is 6.54 Å². The van der Waals surface area contributed by atoms with Gasteiger partial charge < -0.3 is 10.6 Å². The van der Waals surface area contributed by atoms with Crippen LogP contribution in [0.5, 0.6) is 0 Å². The normalized spacial score (nSPS) is 11.5. The Labute approximate surface area is 154 Å². The number of benzene rings is 2. The van der Waals surface area contributed by atoms with Crippen molar-refractivity contribution in [3.63, 3.8) is 0 Å². The molecule has 2 N–H and O–H groups in total. The smallest absolute Gasteiger partial charge is 0.252 e. The average molecular weight is 349 g/mol. The van der Waals surface area contributed by atoms with Crippen molar-refractivity contribution in [2.45, 2.75) is 26.3 Å². The Morgan fingerprint density at radius 2 is 1.69 bits per heavy atom. The van der Waals surface area contributed by atoms with Crippen LogP contribution in [-0.4, -0.2) is 24.4 Å². The first-order chi connectivity index (χ1) is 12.5. The van der Waals surface area contributed by atoms with Gasteiger partial charge in [0.1, 0.15) is 12.6 Å². The summed E-state index contributed by atoms with van der Waals surface area (Å²) in [5.41, 5.74) is 2.26. The largest absolute Gasteiger partial charge is 0.341 e. The third-order valence-corrected chi connectivity index (χ3v) is 3.93. The minimum Gasteiger partial charge on any atom is -0.341 e. The van der Waals surface area contributed by atoms with Gasteiger partial charge in [0, 0.05) is 5.56 Å². The van der Waals surface area contributed by atoms with Crippen molar-refractivity contribution in [3.05, 3.63) is 60.2 Å². The highest BCUT2D eigenvalue weighted by atomic mass is 16.2. The van der Waals surface area contributed by atoms with Crippen LogP contribution in [0.2, 0.25) is 0 Å². The maximum Gasteiger partial charge on any atom is 0.252 e. The molecule has 0 aliphatic rings. The molecule has 26 heavy (non-hydrogen) atoms. The SMILES string of the molecule is CC(C)C[C@H](NC(=O)c1ccccc1-c1ccccc1)C(=O)NCC#N. The van der Waals surface area contributed by atoms with E-state index in [0.717, 1.165) is 11.1 Å². The Bertz CT molecular complexity index is 794. The first kappa shape index (κ1) is 19.2. The molecule has 0 radical (unpaired) electrons. The third-order valence-electron chi connectivity index (χ3n) is 3.93. The average Bonchev–Trinajstić information content (AvgIpc) is 2.65. The van der Waals surface area contributed by atoms with Gasteiger partial charge in [0.05, 0.1) is 6.07 Å². The maximum absolute atomic E-state index is 12.9. The van der Waals surface area contributed by atoms with Crippen molar-refractivity contribution >= 4 is 11.8 Å². The van der Waals surface area contributed by atoms with E-state index in [9.17, 15) is 9.59 Å². The van der Waals surface area contributed by atoms with Crippen LogP contribution in [0.1, 0.15) is 30.6 Å². The van der Waals surface area contributed by atoms with Crippen molar-refractivity contribution in [1.29, 1.82) is 5.26 Å². The van der Waals surface area contributed by atoms with Crippen LogP contribution in [0.4, 0.5) is 0 Å². The number of rotatable bonds is 7. The Morgan fingerprint density at radius 3 is 2.35 bits per heavy atom. The molecule has 5 heteroatoms. The molecule has 5 nitrogen and oxygen atoms in total. The Morgan fingerprint density at radius 1 is 1.04 bits per heavy atom. The minimum absolute atomic E-state index is 0.0795. The van der Waals surface area contributed by atoms with Gasteiger partial charge in [-0.15, -0.1) is 0 Å². The van der Waals surface area contributed by atoms with Gasteiger partial charge in [-0.25, -0.2) is 0 Å². The molecule has 0 unspecified atom stereocenters. The Balaban J connectivity index is 2.24. The molecule has 0 fully saturated rings. The van der Waals surface area contributed by atoms with E-state index in [1.54, 1.807) is 12.1 Å². The van der Waals surface area contributed by atoms with Gasteiger partial charge in [-0.05, 0) is 29.5 Å². The van der Waals surface area contributed by atoms with E-state index in [1.165, 1.54) is 0 Å². The van der Waals surface area contributed by atoms with Crippen molar-refractivity contribution < 1.29 is 9.59 Å². The van der Waals surface area contributed by atoms with Crippen LogP contribution in [0.15, 0.2) is 54.6 Å². The zero-order chi connectivity index (χ0) is 18.9. The molecule has 0 spiro atoms. The second kappa shape index (κ2) is 9.38. The van der Waals surface area contributed by atoms with Crippen LogP contribution < -0.4 is 10.6 Å². The predicted octanol–water partition coefficient (Wildman–Crippen LogP) is 3.14. The molecule has 2 aromatic carbocycles. The van der Waals surface area contributed by atoms with E-state index in [0.29, 0.717) is 12.0 Å². The lowest BCUT2D eigenvalue weighted by atomic mass is 9.98. The van der Waals surface area contributed by atoms with E-state index in [4.69, 9.17) is 5.26 Å². The van der Waals surface area contributed by atoms with Crippen molar-refractivity contribution in [1.82, 2.24) is 10.6 Å². The minimum atomic E-state index is -0.681. The highest BCUT2D eigenvalue weighted by Crippen LogP contribution is 2.23. The van der Waals surface area contributed by atoms with Gasteiger partial charge in [0.2, 0.25) is 5.91 Å².